The molecule has 1 N–H and O–H groups in total. The Labute approximate surface area is 186 Å². The summed E-state index contributed by atoms with van der Waals surface area (Å²) in [6.45, 7) is 2.60. The van der Waals surface area contributed by atoms with Crippen LogP contribution in [0.15, 0.2) is 64.1 Å². The molecule has 0 unspecified atom stereocenters. The topological polar surface area (TPSA) is 103 Å². The first kappa shape index (κ1) is 20.4. The first-order chi connectivity index (χ1) is 15.5. The van der Waals surface area contributed by atoms with Crippen molar-refractivity contribution in [3.8, 4) is 22.6 Å². The second kappa shape index (κ2) is 8.23. The van der Waals surface area contributed by atoms with E-state index in [-0.39, 0.29) is 4.90 Å². The van der Waals surface area contributed by atoms with E-state index < -0.39 is 10.0 Å². The molecule has 0 saturated heterocycles. The van der Waals surface area contributed by atoms with Crippen LogP contribution in [-0.4, -0.2) is 28.2 Å². The Balaban J connectivity index is 1.45. The van der Waals surface area contributed by atoms with Gasteiger partial charge in [-0.1, -0.05) is 30.7 Å². The van der Waals surface area contributed by atoms with Crippen molar-refractivity contribution in [3.05, 3.63) is 66.5 Å². The minimum absolute atomic E-state index is 0.163. The fourth-order valence-corrected chi connectivity index (χ4v) is 5.04. The van der Waals surface area contributed by atoms with E-state index in [1.54, 1.807) is 49.6 Å². The zero-order valence-corrected chi connectivity index (χ0v) is 18.5. The van der Waals surface area contributed by atoms with Crippen molar-refractivity contribution in [1.82, 2.24) is 19.7 Å². The van der Waals surface area contributed by atoms with Crippen LogP contribution in [0.4, 0.5) is 5.69 Å². The molecule has 5 rings (SSSR count). The van der Waals surface area contributed by atoms with Gasteiger partial charge in [-0.3, -0.25) is 4.72 Å². The van der Waals surface area contributed by atoms with E-state index in [2.05, 4.69) is 24.5 Å². The third-order valence-electron chi connectivity index (χ3n) is 5.60. The minimum atomic E-state index is -3.80. The van der Waals surface area contributed by atoms with Crippen LogP contribution >= 0.6 is 0 Å². The van der Waals surface area contributed by atoms with Crippen LogP contribution in [-0.2, 0) is 23.0 Å². The van der Waals surface area contributed by atoms with E-state index in [4.69, 9.17) is 4.42 Å². The Kier molecular flexibility index (Phi) is 5.26. The number of rotatable bonds is 5. The number of sulfonamides is 1. The highest BCUT2D eigenvalue weighted by atomic mass is 32.2. The number of para-hydroxylation sites is 1. The lowest BCUT2D eigenvalue weighted by molar-refractivity contribution is 0.521. The molecule has 32 heavy (non-hydrogen) atoms. The smallest absolute Gasteiger partial charge is 0.261 e. The number of benzene rings is 2. The van der Waals surface area contributed by atoms with Gasteiger partial charge >= 0.3 is 0 Å². The van der Waals surface area contributed by atoms with Crippen LogP contribution in [0.3, 0.4) is 0 Å². The summed E-state index contributed by atoms with van der Waals surface area (Å²) in [5.41, 5.74) is 2.64. The molecular weight excluding hydrogens is 426 g/mol. The van der Waals surface area contributed by atoms with Gasteiger partial charge in [-0.2, -0.15) is 0 Å². The fourth-order valence-electron chi connectivity index (χ4n) is 3.96. The number of hydrogen-bond donors (Lipinski definition) is 1. The van der Waals surface area contributed by atoms with Crippen LogP contribution in [0.2, 0.25) is 0 Å². The maximum Gasteiger partial charge on any atom is 0.261 e. The normalized spacial score (nSPS) is 14.0. The average molecular weight is 450 g/mol. The molecule has 8 nitrogen and oxygen atoms in total. The molecule has 9 heteroatoms. The molecule has 0 atom stereocenters. The minimum Gasteiger partial charge on any atom is -0.449 e. The third kappa shape index (κ3) is 3.91. The molecule has 0 aliphatic carbocycles. The summed E-state index contributed by atoms with van der Waals surface area (Å²) in [4.78, 5) is 4.44. The molecule has 4 aromatic rings. The summed E-state index contributed by atoms with van der Waals surface area (Å²) >= 11 is 0. The Morgan fingerprint density at radius 2 is 1.81 bits per heavy atom. The molecule has 0 amide bonds. The predicted octanol–water partition coefficient (Wildman–Crippen LogP) is 4.44. The summed E-state index contributed by atoms with van der Waals surface area (Å²) in [5.74, 6) is 2.20. The van der Waals surface area contributed by atoms with Crippen LogP contribution in [0.5, 0.6) is 0 Å². The van der Waals surface area contributed by atoms with Gasteiger partial charge in [0.15, 0.2) is 11.7 Å². The summed E-state index contributed by atoms with van der Waals surface area (Å²) in [6, 6.07) is 13.9. The van der Waals surface area contributed by atoms with Crippen LogP contribution < -0.4 is 4.72 Å². The van der Waals surface area contributed by atoms with E-state index >= 15 is 0 Å². The fraction of sp³-hybridized carbons (Fsp3) is 0.261. The number of fused-ring (bicyclic) bond motifs is 1. The van der Waals surface area contributed by atoms with Gasteiger partial charge in [0.25, 0.3) is 10.0 Å². The van der Waals surface area contributed by atoms with Gasteiger partial charge in [0.2, 0.25) is 0 Å². The Hall–Kier alpha value is -3.46. The number of oxazole rings is 1. The SMILES string of the molecule is Cc1nc(-c2ccc(S(=O)(=O)Nc3ccccc3-c3nnc4n3CCCCC4)cc2)co1. The molecule has 0 radical (unpaired) electrons. The lowest BCUT2D eigenvalue weighted by atomic mass is 10.1. The molecule has 0 spiro atoms. The summed E-state index contributed by atoms with van der Waals surface area (Å²) in [6.07, 6.45) is 5.74. The van der Waals surface area contributed by atoms with Gasteiger partial charge in [-0.15, -0.1) is 10.2 Å². The van der Waals surface area contributed by atoms with E-state index in [1.807, 2.05) is 12.1 Å². The first-order valence-corrected chi connectivity index (χ1v) is 12.1. The highest BCUT2D eigenvalue weighted by Gasteiger charge is 2.21. The second-order valence-corrected chi connectivity index (χ2v) is 9.51. The number of aryl methyl sites for hydroxylation is 2. The third-order valence-corrected chi connectivity index (χ3v) is 6.98. The highest BCUT2D eigenvalue weighted by Crippen LogP contribution is 2.31. The zero-order chi connectivity index (χ0) is 22.1. The molecular formula is C23H23N5O3S. The van der Waals surface area contributed by atoms with Crippen LogP contribution in [0.1, 0.15) is 31.0 Å². The quantitative estimate of drug-likeness (QED) is 0.483. The molecule has 3 heterocycles. The summed E-state index contributed by atoms with van der Waals surface area (Å²) in [5, 5.41) is 8.73. The number of nitrogens with one attached hydrogen (secondary N) is 1. The van der Waals surface area contributed by atoms with Crippen molar-refractivity contribution in [2.24, 2.45) is 0 Å². The van der Waals surface area contributed by atoms with Crippen LogP contribution in [0.25, 0.3) is 22.6 Å². The zero-order valence-electron chi connectivity index (χ0n) is 17.7. The monoisotopic (exact) mass is 449 g/mol. The molecule has 0 saturated carbocycles. The molecule has 0 fully saturated rings. The largest absolute Gasteiger partial charge is 0.449 e. The van der Waals surface area contributed by atoms with Gasteiger partial charge in [0.1, 0.15) is 17.8 Å². The van der Waals surface area contributed by atoms with Crippen LogP contribution in [0, 0.1) is 6.92 Å². The lowest BCUT2D eigenvalue weighted by Gasteiger charge is -2.14. The van der Waals surface area contributed by atoms with Crippen molar-refractivity contribution in [3.63, 3.8) is 0 Å². The van der Waals surface area contributed by atoms with Gasteiger partial charge < -0.3 is 8.98 Å². The second-order valence-electron chi connectivity index (χ2n) is 7.83. The molecule has 164 valence electrons. The molecule has 2 aromatic heterocycles. The van der Waals surface area contributed by atoms with Crippen molar-refractivity contribution in [2.75, 3.05) is 4.72 Å². The lowest BCUT2D eigenvalue weighted by Crippen LogP contribution is -2.14. The summed E-state index contributed by atoms with van der Waals surface area (Å²) in [7, 11) is -3.80. The van der Waals surface area contributed by atoms with E-state index in [0.717, 1.165) is 43.6 Å². The van der Waals surface area contributed by atoms with Gasteiger partial charge in [-0.25, -0.2) is 13.4 Å². The van der Waals surface area contributed by atoms with Crippen molar-refractivity contribution in [2.45, 2.75) is 44.0 Å². The standard InChI is InChI=1S/C23H23N5O3S/c1-16-24-21(15-31-16)17-10-12-18(13-11-17)32(29,30)27-20-8-5-4-7-19(20)23-26-25-22-9-3-2-6-14-28(22)23/h4-5,7-8,10-13,15,27H,2-3,6,9,14H2,1H3. The Morgan fingerprint density at radius 1 is 1.00 bits per heavy atom. The molecule has 1 aliphatic rings. The number of anilines is 1. The molecule has 1 aliphatic heterocycles. The number of aromatic nitrogens is 4. The van der Waals surface area contributed by atoms with Gasteiger partial charge in [0.05, 0.1) is 10.6 Å². The number of nitrogens with zero attached hydrogens (tertiary/aromatic N) is 4. The maximum absolute atomic E-state index is 13.1. The average Bonchev–Trinajstić information content (AvgIpc) is 3.33. The van der Waals surface area contributed by atoms with E-state index in [1.165, 1.54) is 0 Å². The molecule has 0 bridgehead atoms. The maximum atomic E-state index is 13.1. The summed E-state index contributed by atoms with van der Waals surface area (Å²) < 4.78 is 36.3. The first-order valence-electron chi connectivity index (χ1n) is 10.6. The van der Waals surface area contributed by atoms with E-state index in [9.17, 15) is 8.42 Å². The predicted molar refractivity (Wildman–Crippen MR) is 120 cm³/mol. The van der Waals surface area contributed by atoms with Crippen molar-refractivity contribution >= 4 is 15.7 Å². The molecule has 2 aromatic carbocycles. The number of hydrogen-bond acceptors (Lipinski definition) is 6. The van der Waals surface area contributed by atoms with E-state index in [0.29, 0.717) is 28.7 Å². The van der Waals surface area contributed by atoms with Gasteiger partial charge in [0, 0.05) is 31.0 Å². The van der Waals surface area contributed by atoms with Crippen molar-refractivity contribution in [1.29, 1.82) is 0 Å². The Morgan fingerprint density at radius 3 is 2.59 bits per heavy atom. The highest BCUT2D eigenvalue weighted by molar-refractivity contribution is 7.92. The van der Waals surface area contributed by atoms with Gasteiger partial charge in [-0.05, 0) is 37.1 Å². The van der Waals surface area contributed by atoms with Crippen molar-refractivity contribution < 1.29 is 12.8 Å². The Bertz CT molecular complexity index is 1360.